The van der Waals surface area contributed by atoms with Crippen LogP contribution in [0.5, 0.6) is 5.75 Å². The van der Waals surface area contributed by atoms with Crippen LogP contribution in [0.15, 0.2) is 42.5 Å². The van der Waals surface area contributed by atoms with Crippen LogP contribution in [0.4, 0.5) is 5.69 Å². The molecule has 0 fully saturated rings. The summed E-state index contributed by atoms with van der Waals surface area (Å²) >= 11 is 0. The Kier molecular flexibility index (Phi) is 4.38. The smallest absolute Gasteiger partial charge is 0.343 e. The van der Waals surface area contributed by atoms with Gasteiger partial charge in [0.05, 0.1) is 5.56 Å². The molecular formula is C17H17NO3. The highest BCUT2D eigenvalue weighted by Crippen LogP contribution is 2.18. The van der Waals surface area contributed by atoms with Crippen LogP contribution < -0.4 is 10.1 Å². The van der Waals surface area contributed by atoms with Gasteiger partial charge in [-0.1, -0.05) is 17.7 Å². The van der Waals surface area contributed by atoms with Crippen molar-refractivity contribution in [2.75, 3.05) is 5.32 Å². The summed E-state index contributed by atoms with van der Waals surface area (Å²) in [6.45, 7) is 5.29. The van der Waals surface area contributed by atoms with Gasteiger partial charge in [0, 0.05) is 12.6 Å². The molecule has 0 unspecified atom stereocenters. The van der Waals surface area contributed by atoms with E-state index >= 15 is 0 Å². The van der Waals surface area contributed by atoms with E-state index in [-0.39, 0.29) is 11.9 Å². The summed E-state index contributed by atoms with van der Waals surface area (Å²) in [7, 11) is 0. The Morgan fingerprint density at radius 2 is 1.67 bits per heavy atom. The van der Waals surface area contributed by atoms with Crippen LogP contribution in [0, 0.1) is 13.8 Å². The van der Waals surface area contributed by atoms with Crippen molar-refractivity contribution in [2.45, 2.75) is 20.8 Å². The van der Waals surface area contributed by atoms with Gasteiger partial charge < -0.3 is 10.1 Å². The number of anilines is 1. The van der Waals surface area contributed by atoms with Crippen LogP contribution in [0.1, 0.15) is 28.4 Å². The van der Waals surface area contributed by atoms with Gasteiger partial charge in [0.15, 0.2) is 0 Å². The van der Waals surface area contributed by atoms with Crippen molar-refractivity contribution in [3.8, 4) is 5.75 Å². The van der Waals surface area contributed by atoms with Crippen LogP contribution in [-0.2, 0) is 4.79 Å². The van der Waals surface area contributed by atoms with Crippen molar-refractivity contribution in [1.29, 1.82) is 0 Å². The SMILES string of the molecule is CC(=O)Nc1ccc(OC(=O)c2ccc(C)cc2C)cc1. The molecule has 2 rings (SSSR count). The van der Waals surface area contributed by atoms with Crippen molar-refractivity contribution < 1.29 is 14.3 Å². The molecule has 0 spiro atoms. The highest BCUT2D eigenvalue weighted by molar-refractivity contribution is 5.93. The molecular weight excluding hydrogens is 266 g/mol. The van der Waals surface area contributed by atoms with Gasteiger partial charge >= 0.3 is 5.97 Å². The Balaban J connectivity index is 2.10. The predicted molar refractivity (Wildman–Crippen MR) is 81.6 cm³/mol. The standard InChI is InChI=1S/C17H17NO3/c1-11-4-9-16(12(2)10-11)17(20)21-15-7-5-14(6-8-15)18-13(3)19/h4-10H,1-3H3,(H,18,19). The normalized spacial score (nSPS) is 10.0. The van der Waals surface area contributed by atoms with E-state index in [0.29, 0.717) is 17.0 Å². The number of carbonyl (C=O) groups excluding carboxylic acids is 2. The molecule has 0 aliphatic carbocycles. The second-order valence-electron chi connectivity index (χ2n) is 4.91. The summed E-state index contributed by atoms with van der Waals surface area (Å²) in [5.74, 6) is -0.0936. The third-order valence-electron chi connectivity index (χ3n) is 2.99. The molecule has 0 atom stereocenters. The molecule has 4 heteroatoms. The molecule has 0 saturated carbocycles. The van der Waals surface area contributed by atoms with Gasteiger partial charge in [-0.2, -0.15) is 0 Å². The Morgan fingerprint density at radius 1 is 1.00 bits per heavy atom. The van der Waals surface area contributed by atoms with Crippen LogP contribution in [0.25, 0.3) is 0 Å². The number of ether oxygens (including phenoxy) is 1. The lowest BCUT2D eigenvalue weighted by atomic mass is 10.1. The van der Waals surface area contributed by atoms with E-state index in [4.69, 9.17) is 4.74 Å². The first-order valence-electron chi connectivity index (χ1n) is 6.63. The first-order chi connectivity index (χ1) is 9.95. The lowest BCUT2D eigenvalue weighted by Gasteiger charge is -2.08. The quantitative estimate of drug-likeness (QED) is 0.693. The van der Waals surface area contributed by atoms with E-state index in [9.17, 15) is 9.59 Å². The number of aryl methyl sites for hydroxylation is 2. The number of hydrogen-bond donors (Lipinski definition) is 1. The molecule has 1 N–H and O–H groups in total. The first kappa shape index (κ1) is 14.8. The summed E-state index contributed by atoms with van der Waals surface area (Å²) in [5.41, 5.74) is 3.19. The number of carbonyl (C=O) groups is 2. The van der Waals surface area contributed by atoms with E-state index in [1.54, 1.807) is 30.3 Å². The molecule has 0 saturated heterocycles. The predicted octanol–water partition coefficient (Wildman–Crippen LogP) is 3.48. The fourth-order valence-electron chi connectivity index (χ4n) is 2.01. The fourth-order valence-corrected chi connectivity index (χ4v) is 2.01. The van der Waals surface area contributed by atoms with E-state index < -0.39 is 0 Å². The third kappa shape index (κ3) is 3.92. The second kappa shape index (κ2) is 6.22. The molecule has 1 amide bonds. The molecule has 0 aromatic heterocycles. The van der Waals surface area contributed by atoms with Crippen molar-refractivity contribution in [2.24, 2.45) is 0 Å². The zero-order chi connectivity index (χ0) is 15.4. The molecule has 0 heterocycles. The largest absolute Gasteiger partial charge is 0.423 e. The Labute approximate surface area is 123 Å². The summed E-state index contributed by atoms with van der Waals surface area (Å²) in [4.78, 5) is 23.0. The van der Waals surface area contributed by atoms with Crippen molar-refractivity contribution in [3.05, 3.63) is 59.2 Å². The van der Waals surface area contributed by atoms with Gasteiger partial charge in [-0.05, 0) is 49.7 Å². The summed E-state index contributed by atoms with van der Waals surface area (Å²) in [6.07, 6.45) is 0. The fraction of sp³-hybridized carbons (Fsp3) is 0.176. The van der Waals surface area contributed by atoms with Gasteiger partial charge in [-0.3, -0.25) is 4.79 Å². The van der Waals surface area contributed by atoms with E-state index in [2.05, 4.69) is 5.32 Å². The van der Waals surface area contributed by atoms with Crippen LogP contribution in [0.2, 0.25) is 0 Å². The lowest BCUT2D eigenvalue weighted by Crippen LogP contribution is -2.10. The average Bonchev–Trinajstić information content (AvgIpc) is 2.40. The highest BCUT2D eigenvalue weighted by Gasteiger charge is 2.11. The van der Waals surface area contributed by atoms with Crippen molar-refractivity contribution >= 4 is 17.6 Å². The number of hydrogen-bond acceptors (Lipinski definition) is 3. The van der Waals surface area contributed by atoms with Crippen molar-refractivity contribution in [3.63, 3.8) is 0 Å². The molecule has 0 aliphatic heterocycles. The molecule has 2 aromatic rings. The molecule has 0 bridgehead atoms. The average molecular weight is 283 g/mol. The van der Waals surface area contributed by atoms with Gasteiger partial charge in [-0.25, -0.2) is 4.79 Å². The Bertz CT molecular complexity index is 675. The molecule has 108 valence electrons. The minimum absolute atomic E-state index is 0.143. The molecule has 4 nitrogen and oxygen atoms in total. The number of rotatable bonds is 3. The van der Waals surface area contributed by atoms with Gasteiger partial charge in [0.25, 0.3) is 0 Å². The van der Waals surface area contributed by atoms with Crippen LogP contribution >= 0.6 is 0 Å². The molecule has 0 radical (unpaired) electrons. The minimum atomic E-state index is -0.389. The molecule has 2 aromatic carbocycles. The topological polar surface area (TPSA) is 55.4 Å². The van der Waals surface area contributed by atoms with E-state index in [0.717, 1.165) is 11.1 Å². The molecule has 21 heavy (non-hydrogen) atoms. The second-order valence-corrected chi connectivity index (χ2v) is 4.91. The highest BCUT2D eigenvalue weighted by atomic mass is 16.5. The van der Waals surface area contributed by atoms with Gasteiger partial charge in [-0.15, -0.1) is 0 Å². The molecule has 0 aliphatic rings. The third-order valence-corrected chi connectivity index (χ3v) is 2.99. The maximum atomic E-state index is 12.1. The zero-order valence-electron chi connectivity index (χ0n) is 12.3. The number of esters is 1. The van der Waals surface area contributed by atoms with Gasteiger partial charge in [0.1, 0.15) is 5.75 Å². The van der Waals surface area contributed by atoms with Crippen LogP contribution in [-0.4, -0.2) is 11.9 Å². The summed E-state index contributed by atoms with van der Waals surface area (Å²) in [6, 6.07) is 12.2. The summed E-state index contributed by atoms with van der Waals surface area (Å²) < 4.78 is 5.33. The zero-order valence-corrected chi connectivity index (χ0v) is 12.3. The van der Waals surface area contributed by atoms with Crippen molar-refractivity contribution in [1.82, 2.24) is 0 Å². The Hall–Kier alpha value is -2.62. The Morgan fingerprint density at radius 3 is 2.24 bits per heavy atom. The minimum Gasteiger partial charge on any atom is -0.423 e. The maximum Gasteiger partial charge on any atom is 0.343 e. The van der Waals surface area contributed by atoms with E-state index in [1.165, 1.54) is 6.92 Å². The number of amides is 1. The lowest BCUT2D eigenvalue weighted by molar-refractivity contribution is -0.114. The first-order valence-corrected chi connectivity index (χ1v) is 6.63. The monoisotopic (exact) mass is 283 g/mol. The van der Waals surface area contributed by atoms with Crippen LogP contribution in [0.3, 0.4) is 0 Å². The maximum absolute atomic E-state index is 12.1. The number of benzene rings is 2. The number of nitrogens with one attached hydrogen (secondary N) is 1. The van der Waals surface area contributed by atoms with Gasteiger partial charge in [0.2, 0.25) is 5.91 Å². The van der Waals surface area contributed by atoms with E-state index in [1.807, 2.05) is 26.0 Å². The summed E-state index contributed by atoms with van der Waals surface area (Å²) in [5, 5.41) is 2.65.